The predicted octanol–water partition coefficient (Wildman–Crippen LogP) is 3.61. The van der Waals surface area contributed by atoms with Crippen molar-refractivity contribution in [1.29, 1.82) is 0 Å². The molecule has 1 aliphatic heterocycles. The Kier molecular flexibility index (Phi) is 7.51. The molecule has 7 nitrogen and oxygen atoms in total. The van der Waals surface area contributed by atoms with E-state index in [0.29, 0.717) is 23.2 Å². The van der Waals surface area contributed by atoms with Crippen LogP contribution in [-0.4, -0.2) is 49.7 Å². The molecule has 178 valence electrons. The Morgan fingerprint density at radius 3 is 2.45 bits per heavy atom. The second-order valence-electron chi connectivity index (χ2n) is 8.96. The smallest absolute Gasteiger partial charge is 0.247 e. The van der Waals surface area contributed by atoms with Gasteiger partial charge < -0.3 is 5.32 Å². The quantitative estimate of drug-likeness (QED) is 0.641. The normalized spacial score (nSPS) is 19.7. The molecule has 2 amide bonds. The van der Waals surface area contributed by atoms with Crippen LogP contribution in [0.4, 0.5) is 5.69 Å². The number of carbonyl (C=O) groups is 2. The van der Waals surface area contributed by atoms with E-state index in [9.17, 15) is 18.0 Å². The van der Waals surface area contributed by atoms with Crippen molar-refractivity contribution in [3.8, 4) is 0 Å². The summed E-state index contributed by atoms with van der Waals surface area (Å²) in [5.74, 6) is -0.498. The number of anilines is 1. The van der Waals surface area contributed by atoms with E-state index in [2.05, 4.69) is 19.2 Å². The van der Waals surface area contributed by atoms with E-state index in [1.807, 2.05) is 0 Å². The molecule has 9 heteroatoms. The van der Waals surface area contributed by atoms with Gasteiger partial charge in [-0.2, -0.15) is 4.31 Å². The van der Waals surface area contributed by atoms with Gasteiger partial charge in [-0.3, -0.25) is 14.5 Å². The Bertz CT molecular complexity index is 1140. The summed E-state index contributed by atoms with van der Waals surface area (Å²) in [6.45, 7) is 7.40. The molecule has 1 saturated heterocycles. The van der Waals surface area contributed by atoms with E-state index in [1.165, 1.54) is 17.0 Å². The van der Waals surface area contributed by atoms with Crippen LogP contribution in [0, 0.1) is 12.8 Å². The molecule has 33 heavy (non-hydrogen) atoms. The lowest BCUT2D eigenvalue weighted by molar-refractivity contribution is -0.132. The Hall–Kier alpha value is -2.42. The minimum atomic E-state index is -3.97. The largest absolute Gasteiger partial charge is 0.354 e. The van der Waals surface area contributed by atoms with Gasteiger partial charge in [0.25, 0.3) is 0 Å². The number of carbonyl (C=O) groups excluding carboxylic acids is 2. The maximum absolute atomic E-state index is 13.5. The van der Waals surface area contributed by atoms with E-state index in [-0.39, 0.29) is 18.0 Å². The first-order valence-electron chi connectivity index (χ1n) is 10.9. The highest BCUT2D eigenvalue weighted by molar-refractivity contribution is 7.89. The molecule has 1 atom stereocenters. The number of halogens is 1. The third-order valence-corrected chi connectivity index (χ3v) is 7.86. The van der Waals surface area contributed by atoms with Crippen molar-refractivity contribution in [2.45, 2.75) is 44.6 Å². The lowest BCUT2D eigenvalue weighted by atomic mass is 9.93. The first-order chi connectivity index (χ1) is 15.5. The van der Waals surface area contributed by atoms with Crippen LogP contribution < -0.4 is 10.2 Å². The molecule has 1 N–H and O–H groups in total. The fourth-order valence-electron chi connectivity index (χ4n) is 3.99. The summed E-state index contributed by atoms with van der Waals surface area (Å²) in [6.07, 6.45) is 0.766. The monoisotopic (exact) mass is 491 g/mol. The lowest BCUT2D eigenvalue weighted by Gasteiger charge is -2.47. The molecule has 1 fully saturated rings. The molecule has 1 unspecified atom stereocenters. The number of benzene rings is 2. The highest BCUT2D eigenvalue weighted by Gasteiger charge is 2.51. The van der Waals surface area contributed by atoms with Crippen LogP contribution in [-0.2, 0) is 19.6 Å². The van der Waals surface area contributed by atoms with Crippen molar-refractivity contribution < 1.29 is 18.0 Å². The van der Waals surface area contributed by atoms with Crippen LogP contribution >= 0.6 is 11.6 Å². The topological polar surface area (TPSA) is 86.8 Å². The molecule has 3 rings (SSSR count). The van der Waals surface area contributed by atoms with Crippen molar-refractivity contribution in [3.05, 3.63) is 59.1 Å². The summed E-state index contributed by atoms with van der Waals surface area (Å²) >= 11 is 6.10. The van der Waals surface area contributed by atoms with Gasteiger partial charge in [0.2, 0.25) is 21.8 Å². The van der Waals surface area contributed by atoms with Crippen LogP contribution in [0.25, 0.3) is 0 Å². The van der Waals surface area contributed by atoms with Gasteiger partial charge in [-0.05, 0) is 62.1 Å². The number of rotatable bonds is 7. The number of nitrogens with zero attached hydrogens (tertiary/aromatic N) is 2. The third-order valence-electron chi connectivity index (χ3n) is 5.82. The van der Waals surface area contributed by atoms with Crippen LogP contribution in [0.5, 0.6) is 0 Å². The summed E-state index contributed by atoms with van der Waals surface area (Å²) in [7, 11) is -3.97. The molecule has 0 aromatic heterocycles. The summed E-state index contributed by atoms with van der Waals surface area (Å²) in [5, 5.41) is 3.42. The average molecular weight is 492 g/mol. The number of sulfonamides is 1. The maximum Gasteiger partial charge on any atom is 0.247 e. The molecule has 1 aliphatic rings. The van der Waals surface area contributed by atoms with Crippen molar-refractivity contribution in [1.82, 2.24) is 9.62 Å². The van der Waals surface area contributed by atoms with Crippen molar-refractivity contribution in [3.63, 3.8) is 0 Å². The first-order valence-corrected chi connectivity index (χ1v) is 12.7. The minimum Gasteiger partial charge on any atom is -0.354 e. The summed E-state index contributed by atoms with van der Waals surface area (Å²) in [5.41, 5.74) is -0.202. The van der Waals surface area contributed by atoms with Crippen LogP contribution in [0.3, 0.4) is 0 Å². The second kappa shape index (κ2) is 9.83. The predicted molar refractivity (Wildman–Crippen MR) is 130 cm³/mol. The second-order valence-corrected chi connectivity index (χ2v) is 11.3. The average Bonchev–Trinajstić information content (AvgIpc) is 2.75. The SMILES string of the molecule is Cc1cc(Cl)ccc1N1C(=O)CN(S(=O)(=O)c2ccccc2)CC1(C)C(=O)NCCC(C)C. The van der Waals surface area contributed by atoms with Crippen molar-refractivity contribution in [2.75, 3.05) is 24.5 Å². The fourth-order valence-corrected chi connectivity index (χ4v) is 5.71. The molecule has 2 aromatic rings. The summed E-state index contributed by atoms with van der Waals surface area (Å²) in [4.78, 5) is 28.4. The first kappa shape index (κ1) is 25.2. The van der Waals surface area contributed by atoms with Crippen LogP contribution in [0.15, 0.2) is 53.4 Å². The van der Waals surface area contributed by atoms with Crippen molar-refractivity contribution in [2.24, 2.45) is 5.92 Å². The third kappa shape index (κ3) is 5.23. The Labute approximate surface area is 200 Å². The van der Waals surface area contributed by atoms with E-state index in [1.54, 1.807) is 50.2 Å². The lowest BCUT2D eigenvalue weighted by Crippen LogP contribution is -2.70. The Morgan fingerprint density at radius 2 is 1.85 bits per heavy atom. The summed E-state index contributed by atoms with van der Waals surface area (Å²) in [6, 6.07) is 13.0. The maximum atomic E-state index is 13.5. The Balaban J connectivity index is 2.04. The van der Waals surface area contributed by atoms with Gasteiger partial charge in [-0.25, -0.2) is 8.42 Å². The molecule has 2 aromatic carbocycles. The van der Waals surface area contributed by atoms with E-state index in [0.717, 1.165) is 16.3 Å². The van der Waals surface area contributed by atoms with Gasteiger partial charge in [0.1, 0.15) is 5.54 Å². The van der Waals surface area contributed by atoms with Gasteiger partial charge in [-0.1, -0.05) is 43.6 Å². The zero-order valence-corrected chi connectivity index (χ0v) is 20.9. The molecular formula is C24H30ClN3O4S. The number of amides is 2. The summed E-state index contributed by atoms with van der Waals surface area (Å²) < 4.78 is 27.7. The fraction of sp³-hybridized carbons (Fsp3) is 0.417. The van der Waals surface area contributed by atoms with Gasteiger partial charge in [0.15, 0.2) is 0 Å². The highest BCUT2D eigenvalue weighted by atomic mass is 35.5. The number of hydrogen-bond donors (Lipinski definition) is 1. The van der Waals surface area contributed by atoms with E-state index < -0.39 is 27.4 Å². The zero-order valence-electron chi connectivity index (χ0n) is 19.3. The molecule has 0 radical (unpaired) electrons. The number of piperazine rings is 1. The highest BCUT2D eigenvalue weighted by Crippen LogP contribution is 2.35. The Morgan fingerprint density at radius 1 is 1.18 bits per heavy atom. The molecule has 0 aliphatic carbocycles. The molecule has 1 heterocycles. The van der Waals surface area contributed by atoms with Crippen LogP contribution in [0.1, 0.15) is 32.8 Å². The van der Waals surface area contributed by atoms with E-state index >= 15 is 0 Å². The molecular weight excluding hydrogens is 462 g/mol. The van der Waals surface area contributed by atoms with E-state index in [4.69, 9.17) is 11.6 Å². The van der Waals surface area contributed by atoms with Crippen molar-refractivity contribution >= 4 is 39.1 Å². The van der Waals surface area contributed by atoms with Gasteiger partial charge in [0, 0.05) is 23.8 Å². The number of aryl methyl sites for hydroxylation is 1. The molecule has 0 saturated carbocycles. The van der Waals surface area contributed by atoms with Gasteiger partial charge in [0.05, 0.1) is 11.4 Å². The number of hydrogen-bond acceptors (Lipinski definition) is 4. The molecule has 0 bridgehead atoms. The van der Waals surface area contributed by atoms with Crippen LogP contribution in [0.2, 0.25) is 5.02 Å². The minimum absolute atomic E-state index is 0.0801. The van der Waals surface area contributed by atoms with Gasteiger partial charge >= 0.3 is 0 Å². The zero-order chi connectivity index (χ0) is 24.4. The van der Waals surface area contributed by atoms with Gasteiger partial charge in [-0.15, -0.1) is 0 Å². The number of nitrogens with one attached hydrogen (secondary N) is 1. The molecule has 0 spiro atoms. The standard InChI is InChI=1S/C24H30ClN3O4S/c1-17(2)12-13-26-23(30)24(4)16-27(33(31,32)20-8-6-5-7-9-20)15-22(29)28(24)21-11-10-19(25)14-18(21)3/h5-11,14,17H,12-13,15-16H2,1-4H3,(H,26,30).